The summed E-state index contributed by atoms with van der Waals surface area (Å²) in [4.78, 5) is 2.67. The Balaban J connectivity index is 1.45. The maximum absolute atomic E-state index is 10.4. The monoisotopic (exact) mass is 359 g/mol. The Labute approximate surface area is 161 Å². The second kappa shape index (κ2) is 7.24. The van der Waals surface area contributed by atoms with E-state index in [1.807, 2.05) is 0 Å². The molecule has 3 saturated carbocycles. The molecule has 0 bridgehead atoms. The fourth-order valence-electron chi connectivity index (χ4n) is 7.26. The number of aliphatic hydroxyl groups excluding tert-OH is 1. The van der Waals surface area contributed by atoms with Crippen LogP contribution in [0.15, 0.2) is 12.2 Å². The van der Waals surface area contributed by atoms with E-state index in [-0.39, 0.29) is 6.10 Å². The van der Waals surface area contributed by atoms with E-state index in [9.17, 15) is 5.11 Å². The van der Waals surface area contributed by atoms with Gasteiger partial charge < -0.3 is 10.0 Å². The third-order valence-electron chi connectivity index (χ3n) is 9.52. The number of hydrogen-bond donors (Lipinski definition) is 1. The molecule has 4 rings (SSSR count). The van der Waals surface area contributed by atoms with Crippen molar-refractivity contribution in [1.29, 1.82) is 0 Å². The van der Waals surface area contributed by atoms with Crippen molar-refractivity contribution in [1.82, 2.24) is 4.90 Å². The number of likely N-dealkylation sites (tertiary alicyclic amines) is 1. The lowest BCUT2D eigenvalue weighted by molar-refractivity contribution is -0.0536. The van der Waals surface area contributed by atoms with Crippen molar-refractivity contribution in [2.24, 2.45) is 28.6 Å². The van der Waals surface area contributed by atoms with Crippen LogP contribution < -0.4 is 0 Å². The number of nitrogens with zero attached hydrogens (tertiary/aromatic N) is 1. The summed E-state index contributed by atoms with van der Waals surface area (Å²) in [6.45, 7) is 13.4. The molecule has 6 atom stereocenters. The van der Waals surface area contributed by atoms with Gasteiger partial charge in [-0.1, -0.05) is 26.0 Å². The highest BCUT2D eigenvalue weighted by molar-refractivity contribution is 5.19. The van der Waals surface area contributed by atoms with Crippen LogP contribution in [0.4, 0.5) is 0 Å². The Morgan fingerprint density at radius 2 is 1.81 bits per heavy atom. The quantitative estimate of drug-likeness (QED) is 0.678. The van der Waals surface area contributed by atoms with Gasteiger partial charge in [-0.2, -0.15) is 0 Å². The molecule has 148 valence electrons. The minimum atomic E-state index is -0.0493. The molecule has 1 N–H and O–H groups in total. The van der Waals surface area contributed by atoms with E-state index in [1.165, 1.54) is 83.0 Å². The Kier molecular flexibility index (Phi) is 5.29. The van der Waals surface area contributed by atoms with Crippen LogP contribution in [0.25, 0.3) is 0 Å². The highest BCUT2D eigenvalue weighted by atomic mass is 16.3. The second-order valence-corrected chi connectivity index (χ2v) is 10.7. The predicted molar refractivity (Wildman–Crippen MR) is 109 cm³/mol. The minimum Gasteiger partial charge on any atom is -0.393 e. The molecule has 0 aromatic heterocycles. The third kappa shape index (κ3) is 3.30. The van der Waals surface area contributed by atoms with Crippen LogP contribution in [0.5, 0.6) is 0 Å². The molecule has 4 aliphatic rings. The van der Waals surface area contributed by atoms with Gasteiger partial charge in [0.25, 0.3) is 0 Å². The van der Waals surface area contributed by atoms with E-state index in [0.717, 1.165) is 24.7 Å². The van der Waals surface area contributed by atoms with E-state index in [1.54, 1.807) is 0 Å². The first-order valence-electron chi connectivity index (χ1n) is 11.5. The van der Waals surface area contributed by atoms with E-state index in [4.69, 9.17) is 0 Å². The van der Waals surface area contributed by atoms with Gasteiger partial charge in [-0.05, 0) is 119 Å². The molecular weight excluding hydrogens is 318 g/mol. The van der Waals surface area contributed by atoms with Crippen molar-refractivity contribution >= 4 is 0 Å². The molecule has 1 heterocycles. The molecule has 0 aromatic rings. The molecule has 2 heteroatoms. The van der Waals surface area contributed by atoms with E-state index in [2.05, 4.69) is 25.3 Å². The normalized spacial score (nSPS) is 47.3. The fraction of sp³-hybridized carbons (Fsp3) is 0.917. The maximum atomic E-state index is 10.4. The molecule has 0 spiro atoms. The zero-order valence-corrected chi connectivity index (χ0v) is 17.3. The van der Waals surface area contributed by atoms with Crippen molar-refractivity contribution in [3.05, 3.63) is 12.2 Å². The van der Waals surface area contributed by atoms with Crippen LogP contribution in [-0.4, -0.2) is 35.7 Å². The van der Waals surface area contributed by atoms with Gasteiger partial charge in [0, 0.05) is 0 Å². The van der Waals surface area contributed by atoms with Crippen LogP contribution in [0.3, 0.4) is 0 Å². The largest absolute Gasteiger partial charge is 0.393 e. The maximum Gasteiger partial charge on any atom is 0.0543 e. The summed E-state index contributed by atoms with van der Waals surface area (Å²) in [5, 5.41) is 10.4. The molecular formula is C24H41NO. The number of hydrogen-bond acceptors (Lipinski definition) is 2. The van der Waals surface area contributed by atoms with Crippen LogP contribution in [0.1, 0.15) is 84.5 Å². The zero-order chi connectivity index (χ0) is 18.4. The van der Waals surface area contributed by atoms with Gasteiger partial charge in [0.15, 0.2) is 0 Å². The zero-order valence-electron chi connectivity index (χ0n) is 17.3. The van der Waals surface area contributed by atoms with E-state index >= 15 is 0 Å². The minimum absolute atomic E-state index is 0.0493. The van der Waals surface area contributed by atoms with Crippen molar-refractivity contribution in [2.45, 2.75) is 90.6 Å². The van der Waals surface area contributed by atoms with Gasteiger partial charge in [-0.25, -0.2) is 0 Å². The SMILES string of the molecule is C=C1CC[C@H]2C[C@@H]([C@@]3(C)CC[C@H](O)C[C@@H]3CCN3CCCC3)CC[C@]12C. The second-order valence-electron chi connectivity index (χ2n) is 10.7. The molecule has 26 heavy (non-hydrogen) atoms. The summed E-state index contributed by atoms with van der Waals surface area (Å²) in [6.07, 6.45) is 14.2. The standard InChI is InChI=1S/C24H41NO/c1-18-6-7-19-16-20(8-11-23(18,19)2)24(3)12-9-22(26)17-21(24)10-15-25-13-4-5-14-25/h19-22,26H,1,4-17H2,2-3H3/t19-,20-,21-,22-,23+,24+/m0/s1. The van der Waals surface area contributed by atoms with E-state index < -0.39 is 0 Å². The van der Waals surface area contributed by atoms with Gasteiger partial charge in [-0.3, -0.25) is 0 Å². The van der Waals surface area contributed by atoms with Gasteiger partial charge in [-0.15, -0.1) is 0 Å². The Hall–Kier alpha value is -0.340. The van der Waals surface area contributed by atoms with Crippen LogP contribution in [0, 0.1) is 28.6 Å². The van der Waals surface area contributed by atoms with Crippen molar-refractivity contribution < 1.29 is 5.11 Å². The smallest absolute Gasteiger partial charge is 0.0543 e. The fourth-order valence-corrected chi connectivity index (χ4v) is 7.26. The summed E-state index contributed by atoms with van der Waals surface area (Å²) in [5.74, 6) is 2.45. The lowest BCUT2D eigenvalue weighted by Crippen LogP contribution is -2.46. The Morgan fingerprint density at radius 1 is 1.04 bits per heavy atom. The summed E-state index contributed by atoms with van der Waals surface area (Å²) >= 11 is 0. The van der Waals surface area contributed by atoms with E-state index in [0.29, 0.717) is 16.7 Å². The number of allylic oxidation sites excluding steroid dienone is 1. The van der Waals surface area contributed by atoms with Crippen molar-refractivity contribution in [2.75, 3.05) is 19.6 Å². The molecule has 3 aliphatic carbocycles. The lowest BCUT2D eigenvalue weighted by Gasteiger charge is -2.53. The first kappa shape index (κ1) is 19.0. The summed E-state index contributed by atoms with van der Waals surface area (Å²) < 4.78 is 0. The van der Waals surface area contributed by atoms with Crippen molar-refractivity contribution in [3.63, 3.8) is 0 Å². The summed E-state index contributed by atoms with van der Waals surface area (Å²) in [6, 6.07) is 0. The van der Waals surface area contributed by atoms with Crippen molar-refractivity contribution in [3.8, 4) is 0 Å². The van der Waals surface area contributed by atoms with Gasteiger partial charge in [0.1, 0.15) is 0 Å². The molecule has 0 unspecified atom stereocenters. The molecule has 4 fully saturated rings. The highest BCUT2D eigenvalue weighted by Crippen LogP contribution is 2.61. The van der Waals surface area contributed by atoms with Gasteiger partial charge in [0.05, 0.1) is 6.10 Å². The average Bonchev–Trinajstić information content (AvgIpc) is 3.24. The van der Waals surface area contributed by atoms with Crippen LogP contribution >= 0.6 is 0 Å². The van der Waals surface area contributed by atoms with Gasteiger partial charge in [0.2, 0.25) is 0 Å². The summed E-state index contributed by atoms with van der Waals surface area (Å²) in [7, 11) is 0. The molecule has 1 saturated heterocycles. The van der Waals surface area contributed by atoms with Gasteiger partial charge >= 0.3 is 0 Å². The first-order chi connectivity index (χ1) is 12.4. The first-order valence-corrected chi connectivity index (χ1v) is 11.5. The predicted octanol–water partition coefficient (Wildman–Crippen LogP) is 5.41. The molecule has 0 amide bonds. The molecule has 2 nitrogen and oxygen atoms in total. The third-order valence-corrected chi connectivity index (χ3v) is 9.52. The highest BCUT2D eigenvalue weighted by Gasteiger charge is 2.52. The van der Waals surface area contributed by atoms with Crippen LogP contribution in [0.2, 0.25) is 0 Å². The topological polar surface area (TPSA) is 23.5 Å². The summed E-state index contributed by atoms with van der Waals surface area (Å²) in [5.41, 5.74) is 2.42. The average molecular weight is 360 g/mol. The number of rotatable bonds is 4. The number of fused-ring (bicyclic) bond motifs is 1. The lowest BCUT2D eigenvalue weighted by atomic mass is 9.52. The Morgan fingerprint density at radius 3 is 2.58 bits per heavy atom. The molecule has 1 aliphatic heterocycles. The van der Waals surface area contributed by atoms with Crippen LogP contribution in [-0.2, 0) is 0 Å². The molecule has 0 radical (unpaired) electrons. The number of aliphatic hydroxyl groups is 1. The Bertz CT molecular complexity index is 524. The molecule has 0 aromatic carbocycles.